The van der Waals surface area contributed by atoms with Gasteiger partial charge in [-0.2, -0.15) is 0 Å². The Morgan fingerprint density at radius 1 is 1.37 bits per heavy atom. The van der Waals surface area contributed by atoms with E-state index in [1.54, 1.807) is 0 Å². The summed E-state index contributed by atoms with van der Waals surface area (Å²) in [7, 11) is 2.12. The lowest BCUT2D eigenvalue weighted by molar-refractivity contribution is 0.120. The van der Waals surface area contributed by atoms with Crippen LogP contribution in [0.4, 0.5) is 0 Å². The number of imidazole rings is 1. The minimum absolute atomic E-state index is 0.0193. The normalized spacial score (nSPS) is 21.6. The van der Waals surface area contributed by atoms with Crippen LogP contribution in [-0.4, -0.2) is 21.3 Å². The number of aromatic nitrogens is 2. The fourth-order valence-electron chi connectivity index (χ4n) is 3.40. The van der Waals surface area contributed by atoms with E-state index in [9.17, 15) is 5.11 Å². The number of hydrogen-bond acceptors (Lipinski definition) is 2. The number of rotatable bonds is 3. The van der Waals surface area contributed by atoms with Gasteiger partial charge in [-0.1, -0.05) is 12.5 Å². The van der Waals surface area contributed by atoms with Crippen molar-refractivity contribution in [2.75, 3.05) is 6.61 Å². The van der Waals surface area contributed by atoms with Crippen molar-refractivity contribution in [1.82, 2.24) is 9.55 Å². The van der Waals surface area contributed by atoms with Crippen LogP contribution in [0.15, 0.2) is 18.2 Å². The molecule has 0 radical (unpaired) electrons. The first kappa shape index (κ1) is 11.5. The van der Waals surface area contributed by atoms with Crippen molar-refractivity contribution in [2.24, 2.45) is 7.05 Å². The van der Waals surface area contributed by atoms with E-state index in [4.69, 9.17) is 4.98 Å². The van der Waals surface area contributed by atoms with Gasteiger partial charge in [-0.25, -0.2) is 4.98 Å². The summed E-state index contributed by atoms with van der Waals surface area (Å²) in [5.74, 6) is 1.91. The molecule has 0 amide bonds. The Bertz CT molecular complexity index is 630. The maximum absolute atomic E-state index is 9.69. The molecule has 1 aromatic carbocycles. The van der Waals surface area contributed by atoms with E-state index < -0.39 is 0 Å². The molecule has 1 N–H and O–H groups in total. The first-order chi connectivity index (χ1) is 9.23. The smallest absolute Gasteiger partial charge is 0.112 e. The summed E-state index contributed by atoms with van der Waals surface area (Å²) >= 11 is 0. The Morgan fingerprint density at radius 3 is 2.74 bits per heavy atom. The molecule has 0 aliphatic heterocycles. The molecule has 19 heavy (non-hydrogen) atoms. The molecule has 0 saturated heterocycles. The van der Waals surface area contributed by atoms with Crippen molar-refractivity contribution in [3.05, 3.63) is 29.6 Å². The number of benzene rings is 1. The van der Waals surface area contributed by atoms with E-state index in [0.717, 1.165) is 18.4 Å². The van der Waals surface area contributed by atoms with Crippen LogP contribution >= 0.6 is 0 Å². The van der Waals surface area contributed by atoms with Crippen LogP contribution in [0.1, 0.15) is 49.4 Å². The molecule has 0 unspecified atom stereocenters. The topological polar surface area (TPSA) is 38.0 Å². The van der Waals surface area contributed by atoms with Crippen molar-refractivity contribution in [1.29, 1.82) is 0 Å². The Balaban J connectivity index is 1.83. The molecule has 2 saturated carbocycles. The Kier molecular flexibility index (Phi) is 2.31. The van der Waals surface area contributed by atoms with Crippen LogP contribution in [0.25, 0.3) is 11.0 Å². The summed E-state index contributed by atoms with van der Waals surface area (Å²) in [6.07, 6.45) is 6.01. The SMILES string of the molecule is Cn1c(C2CC2)nc2cc(C3(CO)CCC3)ccc21. The van der Waals surface area contributed by atoms with Crippen LogP contribution in [0.3, 0.4) is 0 Å². The van der Waals surface area contributed by atoms with Crippen LogP contribution in [-0.2, 0) is 12.5 Å². The lowest BCUT2D eigenvalue weighted by Crippen LogP contribution is -2.37. The summed E-state index contributed by atoms with van der Waals surface area (Å²) in [5.41, 5.74) is 3.61. The summed E-state index contributed by atoms with van der Waals surface area (Å²) in [4.78, 5) is 4.82. The Morgan fingerprint density at radius 2 is 2.16 bits per heavy atom. The van der Waals surface area contributed by atoms with Crippen molar-refractivity contribution in [3.8, 4) is 0 Å². The van der Waals surface area contributed by atoms with E-state index in [1.807, 2.05) is 0 Å². The number of aryl methyl sites for hydroxylation is 1. The zero-order chi connectivity index (χ0) is 13.0. The zero-order valence-electron chi connectivity index (χ0n) is 11.4. The minimum atomic E-state index is 0.0193. The van der Waals surface area contributed by atoms with Crippen LogP contribution in [0.5, 0.6) is 0 Å². The summed E-state index contributed by atoms with van der Waals surface area (Å²) in [5, 5.41) is 9.69. The molecule has 2 aliphatic rings. The molecule has 2 aliphatic carbocycles. The van der Waals surface area contributed by atoms with Gasteiger partial charge in [0.15, 0.2) is 0 Å². The van der Waals surface area contributed by atoms with Crippen molar-refractivity contribution in [3.63, 3.8) is 0 Å². The van der Waals surface area contributed by atoms with Gasteiger partial charge in [0.1, 0.15) is 5.82 Å². The molecule has 2 aromatic rings. The molecule has 0 spiro atoms. The maximum atomic E-state index is 9.69. The van der Waals surface area contributed by atoms with Gasteiger partial charge in [0.05, 0.1) is 17.6 Å². The molecule has 0 atom stereocenters. The van der Waals surface area contributed by atoms with Crippen LogP contribution in [0.2, 0.25) is 0 Å². The number of hydrogen-bond donors (Lipinski definition) is 1. The predicted molar refractivity (Wildman–Crippen MR) is 75.3 cm³/mol. The van der Waals surface area contributed by atoms with Gasteiger partial charge in [-0.3, -0.25) is 0 Å². The average molecular weight is 256 g/mol. The molecule has 1 aromatic heterocycles. The van der Waals surface area contributed by atoms with Gasteiger partial charge in [0.2, 0.25) is 0 Å². The predicted octanol–water partition coefficient (Wildman–Crippen LogP) is 2.86. The second kappa shape index (κ2) is 3.83. The number of aliphatic hydroxyl groups excluding tert-OH is 1. The lowest BCUT2D eigenvalue weighted by atomic mass is 9.65. The highest BCUT2D eigenvalue weighted by molar-refractivity contribution is 5.77. The molecule has 1 heterocycles. The van der Waals surface area contributed by atoms with E-state index in [2.05, 4.69) is 29.8 Å². The zero-order valence-corrected chi connectivity index (χ0v) is 11.4. The Hall–Kier alpha value is -1.35. The summed E-state index contributed by atoms with van der Waals surface area (Å²) in [6, 6.07) is 6.58. The molecule has 3 nitrogen and oxygen atoms in total. The van der Waals surface area contributed by atoms with Gasteiger partial charge >= 0.3 is 0 Å². The summed E-state index contributed by atoms with van der Waals surface area (Å²) < 4.78 is 2.24. The van der Waals surface area contributed by atoms with Gasteiger partial charge in [-0.05, 0) is 43.4 Å². The number of nitrogens with zero attached hydrogens (tertiary/aromatic N) is 2. The van der Waals surface area contributed by atoms with E-state index in [-0.39, 0.29) is 12.0 Å². The second-order valence-electron chi connectivity index (χ2n) is 6.30. The monoisotopic (exact) mass is 256 g/mol. The van der Waals surface area contributed by atoms with Gasteiger partial charge in [0, 0.05) is 18.4 Å². The van der Waals surface area contributed by atoms with Gasteiger partial charge in [-0.15, -0.1) is 0 Å². The molecular weight excluding hydrogens is 236 g/mol. The summed E-state index contributed by atoms with van der Waals surface area (Å²) in [6.45, 7) is 0.265. The highest BCUT2D eigenvalue weighted by Crippen LogP contribution is 2.45. The standard InChI is InChI=1S/C16H20N2O/c1-18-14-6-5-12(16(10-19)7-2-8-16)9-13(14)17-15(18)11-3-4-11/h5-6,9,11,19H,2-4,7-8,10H2,1H3. The quantitative estimate of drug-likeness (QED) is 0.917. The second-order valence-corrected chi connectivity index (χ2v) is 6.30. The van der Waals surface area contributed by atoms with Crippen molar-refractivity contribution < 1.29 is 5.11 Å². The average Bonchev–Trinajstić information content (AvgIpc) is 3.15. The highest BCUT2D eigenvalue weighted by atomic mass is 16.3. The van der Waals surface area contributed by atoms with Crippen LogP contribution < -0.4 is 0 Å². The van der Waals surface area contributed by atoms with Crippen LogP contribution in [0, 0.1) is 0 Å². The molecule has 4 rings (SSSR count). The number of fused-ring (bicyclic) bond motifs is 1. The molecule has 0 bridgehead atoms. The Labute approximate surface area is 113 Å². The highest BCUT2D eigenvalue weighted by Gasteiger charge is 2.38. The number of aliphatic hydroxyl groups is 1. The maximum Gasteiger partial charge on any atom is 0.112 e. The van der Waals surface area contributed by atoms with Crippen molar-refractivity contribution in [2.45, 2.75) is 43.4 Å². The lowest BCUT2D eigenvalue weighted by Gasteiger charge is -2.40. The first-order valence-corrected chi connectivity index (χ1v) is 7.31. The van der Waals surface area contributed by atoms with Crippen molar-refractivity contribution >= 4 is 11.0 Å². The van der Waals surface area contributed by atoms with Gasteiger partial charge in [0.25, 0.3) is 0 Å². The van der Waals surface area contributed by atoms with E-state index >= 15 is 0 Å². The molecule has 100 valence electrons. The fourth-order valence-corrected chi connectivity index (χ4v) is 3.40. The minimum Gasteiger partial charge on any atom is -0.395 e. The van der Waals surface area contributed by atoms with E-state index in [0.29, 0.717) is 5.92 Å². The van der Waals surface area contributed by atoms with Gasteiger partial charge < -0.3 is 9.67 Å². The molecular formula is C16H20N2O. The molecule has 2 fully saturated rings. The van der Waals surface area contributed by atoms with E-state index in [1.165, 1.54) is 36.2 Å². The third kappa shape index (κ3) is 1.57. The first-order valence-electron chi connectivity index (χ1n) is 7.31. The third-order valence-corrected chi connectivity index (χ3v) is 5.08. The molecule has 3 heteroatoms. The largest absolute Gasteiger partial charge is 0.395 e. The third-order valence-electron chi connectivity index (χ3n) is 5.08. The fraction of sp³-hybridized carbons (Fsp3) is 0.562.